The lowest BCUT2D eigenvalue weighted by Crippen LogP contribution is -2.35. The minimum absolute atomic E-state index is 0.0235. The van der Waals surface area contributed by atoms with Crippen LogP contribution in [0.2, 0.25) is 0 Å². The van der Waals surface area contributed by atoms with Crippen molar-refractivity contribution in [2.24, 2.45) is 5.41 Å². The van der Waals surface area contributed by atoms with Gasteiger partial charge in [-0.05, 0) is 36.8 Å². The SMILES string of the molecule is CCC1(CNc2ccc(C#N)cc2[N+](=O)[O-])CCC1. The molecule has 1 aliphatic rings. The fourth-order valence-corrected chi connectivity index (χ4v) is 2.52. The van der Waals surface area contributed by atoms with Crippen molar-refractivity contribution in [1.29, 1.82) is 5.26 Å². The number of benzene rings is 1. The number of nitrogens with zero attached hydrogens (tertiary/aromatic N) is 2. The smallest absolute Gasteiger partial charge is 0.293 e. The van der Waals surface area contributed by atoms with E-state index >= 15 is 0 Å². The molecule has 1 aromatic carbocycles. The van der Waals surface area contributed by atoms with Crippen LogP contribution in [-0.2, 0) is 0 Å². The van der Waals surface area contributed by atoms with E-state index in [2.05, 4.69) is 12.2 Å². The quantitative estimate of drug-likeness (QED) is 0.648. The highest BCUT2D eigenvalue weighted by Gasteiger charge is 2.35. The van der Waals surface area contributed by atoms with Crippen LogP contribution in [-0.4, -0.2) is 11.5 Å². The molecule has 0 atom stereocenters. The van der Waals surface area contributed by atoms with Gasteiger partial charge >= 0.3 is 0 Å². The van der Waals surface area contributed by atoms with Gasteiger partial charge in [0, 0.05) is 12.6 Å². The Morgan fingerprint density at radius 3 is 2.74 bits per heavy atom. The minimum Gasteiger partial charge on any atom is -0.379 e. The maximum Gasteiger partial charge on any atom is 0.293 e. The fourth-order valence-electron chi connectivity index (χ4n) is 2.52. The second kappa shape index (κ2) is 5.27. The molecule has 0 spiro atoms. The molecule has 0 aromatic heterocycles. The second-order valence-corrected chi connectivity index (χ2v) is 5.16. The minimum atomic E-state index is -0.442. The van der Waals surface area contributed by atoms with Crippen LogP contribution in [0.5, 0.6) is 0 Å². The zero-order chi connectivity index (χ0) is 13.9. The average molecular weight is 259 g/mol. The number of anilines is 1. The van der Waals surface area contributed by atoms with Crippen LogP contribution in [0.4, 0.5) is 11.4 Å². The van der Waals surface area contributed by atoms with E-state index in [0.29, 0.717) is 16.7 Å². The van der Waals surface area contributed by atoms with Crippen molar-refractivity contribution in [1.82, 2.24) is 0 Å². The van der Waals surface area contributed by atoms with Gasteiger partial charge in [0.25, 0.3) is 5.69 Å². The molecule has 0 amide bonds. The molecule has 100 valence electrons. The first-order valence-electron chi connectivity index (χ1n) is 6.53. The molecule has 0 aliphatic heterocycles. The van der Waals surface area contributed by atoms with E-state index in [4.69, 9.17) is 5.26 Å². The standard InChI is InChI=1S/C14H17N3O2/c1-2-14(6-3-7-14)10-16-12-5-4-11(9-15)8-13(12)17(18)19/h4-5,8,16H,2-3,6-7,10H2,1H3. The van der Waals surface area contributed by atoms with E-state index in [0.717, 1.165) is 13.0 Å². The summed E-state index contributed by atoms with van der Waals surface area (Å²) in [6.07, 6.45) is 4.69. The van der Waals surface area contributed by atoms with Crippen LogP contribution >= 0.6 is 0 Å². The molecular weight excluding hydrogens is 242 g/mol. The molecule has 5 nitrogen and oxygen atoms in total. The van der Waals surface area contributed by atoms with Crippen molar-refractivity contribution in [2.75, 3.05) is 11.9 Å². The molecule has 0 unspecified atom stereocenters. The number of nitrogens with one attached hydrogen (secondary N) is 1. The molecule has 1 aliphatic carbocycles. The second-order valence-electron chi connectivity index (χ2n) is 5.16. The van der Waals surface area contributed by atoms with Crippen molar-refractivity contribution in [2.45, 2.75) is 32.6 Å². The third-order valence-electron chi connectivity index (χ3n) is 4.14. The Morgan fingerprint density at radius 1 is 1.53 bits per heavy atom. The first kappa shape index (κ1) is 13.3. The Balaban J connectivity index is 2.16. The van der Waals surface area contributed by atoms with Gasteiger partial charge in [-0.2, -0.15) is 5.26 Å². The lowest BCUT2D eigenvalue weighted by atomic mass is 9.67. The molecule has 0 bridgehead atoms. The molecule has 0 heterocycles. The highest BCUT2D eigenvalue weighted by Crippen LogP contribution is 2.44. The van der Waals surface area contributed by atoms with Gasteiger partial charge in [0.1, 0.15) is 5.69 Å². The molecule has 1 N–H and O–H groups in total. The van der Waals surface area contributed by atoms with Crippen molar-refractivity contribution in [3.05, 3.63) is 33.9 Å². The van der Waals surface area contributed by atoms with Gasteiger partial charge in [0.05, 0.1) is 16.6 Å². The van der Waals surface area contributed by atoms with Crippen LogP contribution in [0.25, 0.3) is 0 Å². The van der Waals surface area contributed by atoms with E-state index in [1.165, 1.54) is 25.3 Å². The van der Waals surface area contributed by atoms with E-state index in [-0.39, 0.29) is 5.69 Å². The molecule has 19 heavy (non-hydrogen) atoms. The predicted molar refractivity (Wildman–Crippen MR) is 72.9 cm³/mol. The van der Waals surface area contributed by atoms with Crippen molar-refractivity contribution in [3.63, 3.8) is 0 Å². The zero-order valence-corrected chi connectivity index (χ0v) is 11.0. The van der Waals surface area contributed by atoms with E-state index in [1.54, 1.807) is 12.1 Å². The highest BCUT2D eigenvalue weighted by molar-refractivity contribution is 5.64. The summed E-state index contributed by atoms with van der Waals surface area (Å²) in [6, 6.07) is 6.47. The van der Waals surface area contributed by atoms with Crippen molar-refractivity contribution < 1.29 is 4.92 Å². The summed E-state index contributed by atoms with van der Waals surface area (Å²) in [4.78, 5) is 10.6. The predicted octanol–water partition coefficient (Wildman–Crippen LogP) is 3.46. The van der Waals surface area contributed by atoms with Crippen molar-refractivity contribution >= 4 is 11.4 Å². The third-order valence-corrected chi connectivity index (χ3v) is 4.14. The molecule has 0 saturated heterocycles. The van der Waals surface area contributed by atoms with Crippen LogP contribution in [0.3, 0.4) is 0 Å². The number of hydrogen-bond donors (Lipinski definition) is 1. The summed E-state index contributed by atoms with van der Waals surface area (Å²) in [6.45, 7) is 2.92. The summed E-state index contributed by atoms with van der Waals surface area (Å²) in [5.41, 5.74) is 1.08. The van der Waals surface area contributed by atoms with Crippen molar-refractivity contribution in [3.8, 4) is 6.07 Å². The number of nitro groups is 1. The van der Waals surface area contributed by atoms with Gasteiger partial charge in [-0.25, -0.2) is 0 Å². The van der Waals surface area contributed by atoms with Crippen LogP contribution in [0.15, 0.2) is 18.2 Å². The molecule has 0 radical (unpaired) electrons. The molecule has 1 aromatic rings. The lowest BCUT2D eigenvalue weighted by Gasteiger charge is -2.41. The number of rotatable bonds is 5. The van der Waals surface area contributed by atoms with Gasteiger partial charge in [-0.15, -0.1) is 0 Å². The lowest BCUT2D eigenvalue weighted by molar-refractivity contribution is -0.384. The topological polar surface area (TPSA) is 79.0 Å². The number of nitro benzene ring substituents is 1. The first-order valence-corrected chi connectivity index (χ1v) is 6.53. The maximum atomic E-state index is 11.0. The number of hydrogen-bond acceptors (Lipinski definition) is 4. The van der Waals surface area contributed by atoms with Gasteiger partial charge in [-0.1, -0.05) is 13.3 Å². The molecule has 2 rings (SSSR count). The Labute approximate surface area is 112 Å². The van der Waals surface area contributed by atoms with Gasteiger partial charge in [0.2, 0.25) is 0 Å². The van der Waals surface area contributed by atoms with E-state index in [1.807, 2.05) is 6.07 Å². The first-order chi connectivity index (χ1) is 9.10. The molecule has 1 fully saturated rings. The molecule has 5 heteroatoms. The summed E-state index contributed by atoms with van der Waals surface area (Å²) in [5.74, 6) is 0. The Morgan fingerprint density at radius 2 is 2.26 bits per heavy atom. The average Bonchev–Trinajstić information content (AvgIpc) is 2.38. The van der Waals surface area contributed by atoms with Crippen LogP contribution < -0.4 is 5.32 Å². The summed E-state index contributed by atoms with van der Waals surface area (Å²) < 4.78 is 0. The Bertz CT molecular complexity index is 524. The van der Waals surface area contributed by atoms with E-state index < -0.39 is 4.92 Å². The van der Waals surface area contributed by atoms with Gasteiger partial charge < -0.3 is 5.32 Å². The Hall–Kier alpha value is -2.09. The summed E-state index contributed by atoms with van der Waals surface area (Å²) in [5, 5.41) is 23.0. The van der Waals surface area contributed by atoms with Crippen LogP contribution in [0.1, 0.15) is 38.2 Å². The van der Waals surface area contributed by atoms with E-state index in [9.17, 15) is 10.1 Å². The molecular formula is C14H17N3O2. The third kappa shape index (κ3) is 2.68. The fraction of sp³-hybridized carbons (Fsp3) is 0.500. The maximum absolute atomic E-state index is 11.0. The summed E-state index contributed by atoms with van der Waals surface area (Å²) >= 11 is 0. The molecule has 1 saturated carbocycles. The monoisotopic (exact) mass is 259 g/mol. The van der Waals surface area contributed by atoms with Gasteiger partial charge in [0.15, 0.2) is 0 Å². The van der Waals surface area contributed by atoms with Crippen LogP contribution in [0, 0.1) is 26.9 Å². The Kier molecular flexibility index (Phi) is 3.70. The van der Waals surface area contributed by atoms with Gasteiger partial charge in [-0.3, -0.25) is 10.1 Å². The normalized spacial score (nSPS) is 16.2. The largest absolute Gasteiger partial charge is 0.379 e. The number of nitriles is 1. The zero-order valence-electron chi connectivity index (χ0n) is 11.0. The highest BCUT2D eigenvalue weighted by atomic mass is 16.6. The summed E-state index contributed by atoms with van der Waals surface area (Å²) in [7, 11) is 0.